The van der Waals surface area contributed by atoms with Crippen LogP contribution < -0.4 is 0 Å². The predicted octanol–water partition coefficient (Wildman–Crippen LogP) is 2.77. The van der Waals surface area contributed by atoms with Gasteiger partial charge in [0, 0.05) is 19.5 Å². The number of nitrogens with zero attached hydrogens (tertiary/aromatic N) is 5. The molecule has 108 valence electrons. The van der Waals surface area contributed by atoms with Crippen LogP contribution in [0.5, 0.6) is 0 Å². The molecule has 0 aliphatic rings. The van der Waals surface area contributed by atoms with E-state index in [2.05, 4.69) is 39.5 Å². The Morgan fingerprint density at radius 2 is 2.00 bits per heavy atom. The third kappa shape index (κ3) is 2.97. The molecule has 0 atom stereocenters. The van der Waals surface area contributed by atoms with Gasteiger partial charge in [0.05, 0.1) is 5.75 Å². The molecule has 2 heterocycles. The monoisotopic (exact) mass is 301 g/mol. The first-order valence-corrected chi connectivity index (χ1v) is 7.50. The summed E-state index contributed by atoms with van der Waals surface area (Å²) in [4.78, 5) is 0. The van der Waals surface area contributed by atoms with Crippen molar-refractivity contribution in [3.8, 4) is 11.4 Å². The van der Waals surface area contributed by atoms with E-state index < -0.39 is 0 Å². The van der Waals surface area contributed by atoms with Crippen molar-refractivity contribution < 1.29 is 4.42 Å². The third-order valence-electron chi connectivity index (χ3n) is 3.00. The molecule has 0 bridgehead atoms. The van der Waals surface area contributed by atoms with Crippen molar-refractivity contribution in [3.63, 3.8) is 0 Å². The second-order valence-electron chi connectivity index (χ2n) is 4.74. The van der Waals surface area contributed by atoms with Gasteiger partial charge in [0.2, 0.25) is 11.8 Å². The van der Waals surface area contributed by atoms with E-state index in [4.69, 9.17) is 4.42 Å². The van der Waals surface area contributed by atoms with E-state index in [0.717, 1.165) is 16.5 Å². The molecule has 0 N–H and O–H groups in total. The molecular formula is C14H15N5OS. The molecule has 0 unspecified atom stereocenters. The Hall–Kier alpha value is -2.15. The van der Waals surface area contributed by atoms with Gasteiger partial charge < -0.3 is 8.98 Å². The van der Waals surface area contributed by atoms with Crippen molar-refractivity contribution in [2.24, 2.45) is 7.05 Å². The minimum atomic E-state index is 0.573. The average molecular weight is 301 g/mol. The van der Waals surface area contributed by atoms with Crippen LogP contribution in [-0.2, 0) is 12.8 Å². The maximum Gasteiger partial charge on any atom is 0.226 e. The quantitative estimate of drug-likeness (QED) is 0.690. The van der Waals surface area contributed by atoms with Crippen molar-refractivity contribution in [2.45, 2.75) is 24.8 Å². The molecule has 0 aliphatic carbocycles. The first-order valence-electron chi connectivity index (χ1n) is 6.51. The van der Waals surface area contributed by atoms with Crippen molar-refractivity contribution in [1.29, 1.82) is 0 Å². The maximum absolute atomic E-state index is 5.35. The van der Waals surface area contributed by atoms with Crippen LogP contribution in [-0.4, -0.2) is 25.0 Å². The highest BCUT2D eigenvalue weighted by Gasteiger charge is 2.12. The zero-order valence-corrected chi connectivity index (χ0v) is 12.9. The molecule has 0 amide bonds. The van der Waals surface area contributed by atoms with Gasteiger partial charge in [-0.1, -0.05) is 35.5 Å². The summed E-state index contributed by atoms with van der Waals surface area (Å²) in [5.74, 6) is 2.60. The van der Waals surface area contributed by atoms with Gasteiger partial charge in [0.15, 0.2) is 11.0 Å². The van der Waals surface area contributed by atoms with E-state index in [1.54, 1.807) is 6.92 Å². The number of hydrogen-bond acceptors (Lipinski definition) is 6. The second-order valence-corrected chi connectivity index (χ2v) is 5.68. The highest BCUT2D eigenvalue weighted by Crippen LogP contribution is 2.25. The van der Waals surface area contributed by atoms with Crippen LogP contribution in [0.3, 0.4) is 0 Å². The smallest absolute Gasteiger partial charge is 0.226 e. The molecule has 1 aromatic carbocycles. The van der Waals surface area contributed by atoms with E-state index in [9.17, 15) is 0 Å². The van der Waals surface area contributed by atoms with Crippen LogP contribution in [0, 0.1) is 13.8 Å². The fourth-order valence-corrected chi connectivity index (χ4v) is 2.75. The Balaban J connectivity index is 1.79. The summed E-state index contributed by atoms with van der Waals surface area (Å²) < 4.78 is 7.33. The molecule has 2 aromatic heterocycles. The minimum absolute atomic E-state index is 0.573. The highest BCUT2D eigenvalue weighted by molar-refractivity contribution is 7.98. The fourth-order valence-electron chi connectivity index (χ4n) is 2.00. The van der Waals surface area contributed by atoms with Gasteiger partial charge in [-0.15, -0.1) is 20.4 Å². The highest BCUT2D eigenvalue weighted by atomic mass is 32.2. The van der Waals surface area contributed by atoms with Crippen LogP contribution in [0.15, 0.2) is 33.8 Å². The Morgan fingerprint density at radius 1 is 1.14 bits per heavy atom. The average Bonchev–Trinajstić information content (AvgIpc) is 3.03. The summed E-state index contributed by atoms with van der Waals surface area (Å²) in [5, 5.41) is 17.1. The van der Waals surface area contributed by atoms with Crippen molar-refractivity contribution >= 4 is 11.8 Å². The van der Waals surface area contributed by atoms with Crippen LogP contribution in [0.2, 0.25) is 0 Å². The lowest BCUT2D eigenvalue weighted by Crippen LogP contribution is -1.95. The Bertz CT molecular complexity index is 764. The number of hydrogen-bond donors (Lipinski definition) is 0. The number of aryl methyl sites for hydroxylation is 2. The minimum Gasteiger partial charge on any atom is -0.425 e. The van der Waals surface area contributed by atoms with E-state index in [-0.39, 0.29) is 0 Å². The summed E-state index contributed by atoms with van der Waals surface area (Å²) in [5.41, 5.74) is 2.26. The molecule has 0 radical (unpaired) electrons. The topological polar surface area (TPSA) is 69.6 Å². The number of benzene rings is 1. The lowest BCUT2D eigenvalue weighted by Gasteiger charge is -2.03. The standard InChI is InChI=1S/C14H15N5OS/c1-9-5-4-6-11(7-9)13-17-18-14(19(13)3)21-8-12-16-15-10(2)20-12/h4-7H,8H2,1-3H3. The molecule has 0 spiro atoms. The molecule has 0 fully saturated rings. The molecule has 0 saturated heterocycles. The van der Waals surface area contributed by atoms with Crippen LogP contribution in [0.1, 0.15) is 17.3 Å². The zero-order chi connectivity index (χ0) is 14.8. The van der Waals surface area contributed by atoms with Crippen molar-refractivity contribution in [2.75, 3.05) is 0 Å². The van der Waals surface area contributed by atoms with Crippen LogP contribution >= 0.6 is 11.8 Å². The van der Waals surface area contributed by atoms with Gasteiger partial charge in [-0.3, -0.25) is 0 Å². The van der Waals surface area contributed by atoms with Gasteiger partial charge in [-0.05, 0) is 13.0 Å². The van der Waals surface area contributed by atoms with E-state index >= 15 is 0 Å². The third-order valence-corrected chi connectivity index (χ3v) is 4.01. The van der Waals surface area contributed by atoms with Crippen LogP contribution in [0.4, 0.5) is 0 Å². The summed E-state index contributed by atoms with van der Waals surface area (Å²) >= 11 is 1.53. The summed E-state index contributed by atoms with van der Waals surface area (Å²) in [6.45, 7) is 3.84. The molecule has 21 heavy (non-hydrogen) atoms. The number of thioether (sulfide) groups is 1. The lowest BCUT2D eigenvalue weighted by molar-refractivity contribution is 0.485. The van der Waals surface area contributed by atoms with E-state index in [0.29, 0.717) is 17.5 Å². The molecule has 0 aliphatic heterocycles. The predicted molar refractivity (Wildman–Crippen MR) is 79.8 cm³/mol. The van der Waals surface area contributed by atoms with E-state index in [1.807, 2.05) is 23.7 Å². The first kappa shape index (κ1) is 13.8. The summed E-state index contributed by atoms with van der Waals surface area (Å²) in [7, 11) is 1.96. The number of rotatable bonds is 4. The zero-order valence-electron chi connectivity index (χ0n) is 12.1. The largest absolute Gasteiger partial charge is 0.425 e. The Kier molecular flexibility index (Phi) is 3.74. The molecule has 3 rings (SSSR count). The molecule has 3 aromatic rings. The van der Waals surface area contributed by atoms with Gasteiger partial charge in [-0.2, -0.15) is 0 Å². The molecule has 6 nitrogen and oxygen atoms in total. The Morgan fingerprint density at radius 3 is 2.71 bits per heavy atom. The first-order chi connectivity index (χ1) is 10.1. The van der Waals surface area contributed by atoms with E-state index in [1.165, 1.54) is 17.3 Å². The van der Waals surface area contributed by atoms with Gasteiger partial charge >= 0.3 is 0 Å². The summed E-state index contributed by atoms with van der Waals surface area (Å²) in [6, 6.07) is 8.22. The van der Waals surface area contributed by atoms with Gasteiger partial charge in [0.1, 0.15) is 0 Å². The fraction of sp³-hybridized carbons (Fsp3) is 0.286. The molecule has 7 heteroatoms. The maximum atomic E-state index is 5.35. The molecular weight excluding hydrogens is 286 g/mol. The number of aromatic nitrogens is 5. The lowest BCUT2D eigenvalue weighted by atomic mass is 10.1. The molecule has 0 saturated carbocycles. The summed E-state index contributed by atoms with van der Waals surface area (Å²) in [6.07, 6.45) is 0. The normalized spacial score (nSPS) is 11.0. The van der Waals surface area contributed by atoms with Crippen LogP contribution in [0.25, 0.3) is 11.4 Å². The van der Waals surface area contributed by atoms with Gasteiger partial charge in [0.25, 0.3) is 0 Å². The van der Waals surface area contributed by atoms with Crippen molar-refractivity contribution in [1.82, 2.24) is 25.0 Å². The Labute approximate surface area is 126 Å². The SMILES string of the molecule is Cc1cccc(-c2nnc(SCc3nnc(C)o3)n2C)c1. The second kappa shape index (κ2) is 5.69. The van der Waals surface area contributed by atoms with Crippen molar-refractivity contribution in [3.05, 3.63) is 41.6 Å². The van der Waals surface area contributed by atoms with Gasteiger partial charge in [-0.25, -0.2) is 0 Å².